The van der Waals surface area contributed by atoms with Crippen LogP contribution in [0.4, 0.5) is 0 Å². The highest BCUT2D eigenvalue weighted by Crippen LogP contribution is 1.97. The van der Waals surface area contributed by atoms with Gasteiger partial charge in [0.05, 0.1) is 13.0 Å². The van der Waals surface area contributed by atoms with E-state index in [0.717, 1.165) is 0 Å². The first-order valence-electron chi connectivity index (χ1n) is 6.04. The van der Waals surface area contributed by atoms with Gasteiger partial charge < -0.3 is 21.5 Å². The van der Waals surface area contributed by atoms with Gasteiger partial charge in [0.15, 0.2) is 0 Å². The lowest BCUT2D eigenvalue weighted by Crippen LogP contribution is -2.47. The van der Waals surface area contributed by atoms with E-state index in [9.17, 15) is 19.2 Å². The van der Waals surface area contributed by atoms with E-state index in [0.29, 0.717) is 5.56 Å². The van der Waals surface area contributed by atoms with Crippen molar-refractivity contribution in [2.45, 2.75) is 12.5 Å². The van der Waals surface area contributed by atoms with Crippen LogP contribution in [0.25, 0.3) is 0 Å². The number of nitrogens with two attached hydrogens (primary N) is 1. The average molecular weight is 293 g/mol. The van der Waals surface area contributed by atoms with Gasteiger partial charge in [0, 0.05) is 5.56 Å². The molecule has 8 nitrogen and oxygen atoms in total. The number of rotatable bonds is 7. The number of carbonyl (C=O) groups excluding carboxylic acids is 3. The summed E-state index contributed by atoms with van der Waals surface area (Å²) in [5, 5.41) is 13.3. The summed E-state index contributed by atoms with van der Waals surface area (Å²) < 4.78 is 0. The van der Waals surface area contributed by atoms with Crippen LogP contribution >= 0.6 is 0 Å². The van der Waals surface area contributed by atoms with E-state index in [4.69, 9.17) is 10.8 Å². The van der Waals surface area contributed by atoms with Crippen LogP contribution in [0.5, 0.6) is 0 Å². The van der Waals surface area contributed by atoms with Crippen molar-refractivity contribution < 1.29 is 24.3 Å². The summed E-state index contributed by atoms with van der Waals surface area (Å²) in [6.07, 6.45) is -0.520. The molecule has 0 bridgehead atoms. The van der Waals surface area contributed by atoms with E-state index in [2.05, 4.69) is 10.6 Å². The zero-order chi connectivity index (χ0) is 15.8. The highest BCUT2D eigenvalue weighted by atomic mass is 16.4. The maximum atomic E-state index is 11.7. The summed E-state index contributed by atoms with van der Waals surface area (Å²) in [7, 11) is 0. The van der Waals surface area contributed by atoms with Crippen LogP contribution in [0, 0.1) is 0 Å². The SMILES string of the molecule is NC(=O)C[C@@H](NC(=O)CNC(=O)c1ccccc1)C(=O)O. The number of benzene rings is 1. The molecule has 1 atom stereocenters. The van der Waals surface area contributed by atoms with E-state index in [1.54, 1.807) is 30.3 Å². The highest BCUT2D eigenvalue weighted by Gasteiger charge is 2.22. The second-order valence-electron chi connectivity index (χ2n) is 4.18. The van der Waals surface area contributed by atoms with Crippen molar-refractivity contribution >= 4 is 23.7 Å². The van der Waals surface area contributed by atoms with E-state index in [1.165, 1.54) is 0 Å². The number of primary amides is 1. The Balaban J connectivity index is 2.48. The van der Waals surface area contributed by atoms with Crippen LogP contribution in [0.15, 0.2) is 30.3 Å². The summed E-state index contributed by atoms with van der Waals surface area (Å²) in [4.78, 5) is 44.7. The number of carbonyl (C=O) groups is 4. The predicted molar refractivity (Wildman–Crippen MR) is 72.2 cm³/mol. The molecular formula is C13H15N3O5. The second kappa shape index (κ2) is 7.63. The van der Waals surface area contributed by atoms with Crippen LogP contribution in [-0.4, -0.2) is 41.4 Å². The Morgan fingerprint density at radius 1 is 1.14 bits per heavy atom. The lowest BCUT2D eigenvalue weighted by molar-refractivity contribution is -0.143. The molecule has 0 spiro atoms. The zero-order valence-electron chi connectivity index (χ0n) is 11.0. The van der Waals surface area contributed by atoms with Gasteiger partial charge >= 0.3 is 5.97 Å². The molecule has 0 saturated heterocycles. The molecule has 5 N–H and O–H groups in total. The van der Waals surface area contributed by atoms with Crippen LogP contribution < -0.4 is 16.4 Å². The number of hydrogen-bond donors (Lipinski definition) is 4. The van der Waals surface area contributed by atoms with E-state index < -0.39 is 42.7 Å². The van der Waals surface area contributed by atoms with E-state index in [1.807, 2.05) is 0 Å². The van der Waals surface area contributed by atoms with Gasteiger partial charge in [-0.2, -0.15) is 0 Å². The molecule has 0 unspecified atom stereocenters. The van der Waals surface area contributed by atoms with E-state index in [-0.39, 0.29) is 0 Å². The van der Waals surface area contributed by atoms with Crippen molar-refractivity contribution in [2.24, 2.45) is 5.73 Å². The lowest BCUT2D eigenvalue weighted by Gasteiger charge is -2.13. The third-order valence-electron chi connectivity index (χ3n) is 2.48. The summed E-state index contributed by atoms with van der Waals surface area (Å²) in [5.74, 6) is -3.42. The van der Waals surface area contributed by atoms with Gasteiger partial charge in [-0.25, -0.2) is 4.79 Å². The van der Waals surface area contributed by atoms with Crippen molar-refractivity contribution in [3.05, 3.63) is 35.9 Å². The minimum Gasteiger partial charge on any atom is -0.480 e. The molecule has 1 aromatic carbocycles. The maximum Gasteiger partial charge on any atom is 0.326 e. The first-order valence-corrected chi connectivity index (χ1v) is 6.04. The van der Waals surface area contributed by atoms with Crippen LogP contribution in [0.1, 0.15) is 16.8 Å². The third kappa shape index (κ3) is 5.72. The largest absolute Gasteiger partial charge is 0.480 e. The van der Waals surface area contributed by atoms with Gasteiger partial charge in [0.1, 0.15) is 6.04 Å². The smallest absolute Gasteiger partial charge is 0.326 e. The fourth-order valence-electron chi connectivity index (χ4n) is 1.50. The summed E-state index contributed by atoms with van der Waals surface area (Å²) in [5.41, 5.74) is 5.25. The molecule has 1 aromatic rings. The van der Waals surface area contributed by atoms with Crippen molar-refractivity contribution in [1.82, 2.24) is 10.6 Å². The van der Waals surface area contributed by atoms with Gasteiger partial charge in [-0.1, -0.05) is 18.2 Å². The molecule has 0 aromatic heterocycles. The Bertz CT molecular complexity index is 544. The molecule has 1 rings (SSSR count). The molecule has 0 heterocycles. The predicted octanol–water partition coefficient (Wildman–Crippen LogP) is -1.14. The number of carboxylic acids is 1. The number of amides is 3. The Hall–Kier alpha value is -2.90. The summed E-state index contributed by atoms with van der Waals surface area (Å²) >= 11 is 0. The third-order valence-corrected chi connectivity index (χ3v) is 2.48. The van der Waals surface area contributed by atoms with Crippen LogP contribution in [0.3, 0.4) is 0 Å². The first kappa shape index (κ1) is 16.2. The molecular weight excluding hydrogens is 278 g/mol. The number of aliphatic carboxylic acids is 1. The number of nitrogens with one attached hydrogen (secondary N) is 2. The number of carboxylic acid groups (broad SMARTS) is 1. The van der Waals surface area contributed by atoms with E-state index >= 15 is 0 Å². The molecule has 112 valence electrons. The van der Waals surface area contributed by atoms with Crippen molar-refractivity contribution in [3.63, 3.8) is 0 Å². The Labute approximate surface area is 120 Å². The molecule has 0 fully saturated rings. The first-order chi connectivity index (χ1) is 9.90. The Morgan fingerprint density at radius 2 is 1.76 bits per heavy atom. The number of hydrogen-bond acceptors (Lipinski definition) is 4. The Kier molecular flexibility index (Phi) is 5.87. The zero-order valence-corrected chi connectivity index (χ0v) is 11.0. The highest BCUT2D eigenvalue weighted by molar-refractivity contribution is 5.97. The fourth-order valence-corrected chi connectivity index (χ4v) is 1.50. The molecule has 0 aliphatic rings. The molecule has 8 heteroatoms. The topological polar surface area (TPSA) is 139 Å². The summed E-state index contributed by atoms with van der Waals surface area (Å²) in [6, 6.07) is 6.81. The average Bonchev–Trinajstić information content (AvgIpc) is 2.44. The minimum atomic E-state index is -1.41. The maximum absolute atomic E-state index is 11.7. The standard InChI is InChI=1S/C13H15N3O5/c14-10(17)6-9(13(20)21)16-11(18)7-15-12(19)8-4-2-1-3-5-8/h1-5,9H,6-7H2,(H2,14,17)(H,15,19)(H,16,18)(H,20,21)/t9-/m1/s1. The normalized spacial score (nSPS) is 11.2. The van der Waals surface area contributed by atoms with Crippen molar-refractivity contribution in [1.29, 1.82) is 0 Å². The monoisotopic (exact) mass is 293 g/mol. The quantitative estimate of drug-likeness (QED) is 0.503. The fraction of sp³-hybridized carbons (Fsp3) is 0.231. The van der Waals surface area contributed by atoms with Gasteiger partial charge in [0.25, 0.3) is 5.91 Å². The lowest BCUT2D eigenvalue weighted by atomic mass is 10.2. The van der Waals surface area contributed by atoms with Gasteiger partial charge in [-0.3, -0.25) is 14.4 Å². The molecule has 3 amide bonds. The summed E-state index contributed by atoms with van der Waals surface area (Å²) in [6.45, 7) is -0.406. The molecule has 0 aliphatic heterocycles. The van der Waals surface area contributed by atoms with Crippen LogP contribution in [0.2, 0.25) is 0 Å². The Morgan fingerprint density at radius 3 is 2.29 bits per heavy atom. The van der Waals surface area contributed by atoms with Crippen molar-refractivity contribution in [3.8, 4) is 0 Å². The molecule has 0 aliphatic carbocycles. The molecule has 0 saturated carbocycles. The minimum absolute atomic E-state index is 0.372. The molecule has 0 radical (unpaired) electrons. The van der Waals surface area contributed by atoms with Crippen LogP contribution in [-0.2, 0) is 14.4 Å². The van der Waals surface area contributed by atoms with Gasteiger partial charge in [0.2, 0.25) is 11.8 Å². The van der Waals surface area contributed by atoms with Gasteiger partial charge in [-0.05, 0) is 12.1 Å². The van der Waals surface area contributed by atoms with Crippen molar-refractivity contribution in [2.75, 3.05) is 6.54 Å². The molecule has 21 heavy (non-hydrogen) atoms. The second-order valence-corrected chi connectivity index (χ2v) is 4.18. The van der Waals surface area contributed by atoms with Gasteiger partial charge in [-0.15, -0.1) is 0 Å².